The molecule has 11 rings (SSSR count). The minimum absolute atomic E-state index is 0.910. The summed E-state index contributed by atoms with van der Waals surface area (Å²) in [6.45, 7) is 0. The Hall–Kier alpha value is -6.58. The Morgan fingerprint density at radius 2 is 1.12 bits per heavy atom. The van der Waals surface area contributed by atoms with E-state index in [9.17, 15) is 0 Å². The molecule has 0 radical (unpaired) electrons. The molecule has 0 fully saturated rings. The molecule has 0 N–H and O–H groups in total. The van der Waals surface area contributed by atoms with Crippen molar-refractivity contribution in [3.8, 4) is 22.5 Å². The fraction of sp³-hybridized carbons (Fsp3) is 0. The van der Waals surface area contributed by atoms with E-state index in [4.69, 9.17) is 4.42 Å². The van der Waals surface area contributed by atoms with E-state index in [0.29, 0.717) is 0 Å². The minimum Gasteiger partial charge on any atom is -0.455 e. The normalized spacial score (nSPS) is 12.1. The van der Waals surface area contributed by atoms with E-state index >= 15 is 0 Å². The summed E-state index contributed by atoms with van der Waals surface area (Å²) in [7, 11) is 0. The quantitative estimate of drug-likeness (QED) is 0.179. The molecule has 3 heterocycles. The topological polar surface area (TPSA) is 23.0 Å². The molecule has 0 aliphatic carbocycles. The van der Waals surface area contributed by atoms with Crippen molar-refractivity contribution in [2.45, 2.75) is 0 Å². The van der Waals surface area contributed by atoms with Crippen LogP contribution >= 0.6 is 0 Å². The first-order chi connectivity index (χ1) is 24.3. The lowest BCUT2D eigenvalue weighted by atomic mass is 9.91. The molecule has 3 aromatic heterocycles. The van der Waals surface area contributed by atoms with Gasteiger partial charge < -0.3 is 13.6 Å². The number of benzene rings is 8. The lowest BCUT2D eigenvalue weighted by Crippen LogP contribution is -1.93. The van der Waals surface area contributed by atoms with Gasteiger partial charge in [0, 0.05) is 49.9 Å². The molecule has 3 heteroatoms. The number of hydrogen-bond acceptors (Lipinski definition) is 1. The summed E-state index contributed by atoms with van der Waals surface area (Å²) in [4.78, 5) is 0. The third-order valence-corrected chi connectivity index (χ3v) is 10.3. The fourth-order valence-electron chi connectivity index (χ4n) is 8.10. The molecule has 0 amide bonds. The van der Waals surface area contributed by atoms with Gasteiger partial charge in [-0.15, -0.1) is 0 Å². The third kappa shape index (κ3) is 3.78. The van der Waals surface area contributed by atoms with Crippen LogP contribution in [0.4, 0.5) is 0 Å². The fourth-order valence-corrected chi connectivity index (χ4v) is 8.10. The Bertz CT molecular complexity index is 3090. The number of nitrogens with zero attached hydrogens (tertiary/aromatic N) is 2. The highest BCUT2D eigenvalue weighted by molar-refractivity contribution is 6.27. The van der Waals surface area contributed by atoms with E-state index in [2.05, 4.69) is 173 Å². The molecular formula is C46H28N2O. The molecule has 3 nitrogen and oxygen atoms in total. The van der Waals surface area contributed by atoms with Crippen LogP contribution in [0.5, 0.6) is 0 Å². The van der Waals surface area contributed by atoms with Crippen molar-refractivity contribution in [1.82, 2.24) is 9.13 Å². The Balaban J connectivity index is 1.25. The van der Waals surface area contributed by atoms with Gasteiger partial charge in [-0.2, -0.15) is 0 Å². The lowest BCUT2D eigenvalue weighted by molar-refractivity contribution is 0.673. The van der Waals surface area contributed by atoms with E-state index in [1.807, 2.05) is 6.07 Å². The Morgan fingerprint density at radius 3 is 1.98 bits per heavy atom. The Kier molecular flexibility index (Phi) is 5.38. The first-order valence-electron chi connectivity index (χ1n) is 16.8. The maximum Gasteiger partial charge on any atom is 0.143 e. The van der Waals surface area contributed by atoms with Crippen LogP contribution in [0.2, 0.25) is 0 Å². The number of fused-ring (bicyclic) bond motifs is 11. The zero-order valence-electron chi connectivity index (χ0n) is 26.5. The maximum absolute atomic E-state index is 6.74. The summed E-state index contributed by atoms with van der Waals surface area (Å²) < 4.78 is 11.4. The SMILES string of the molecule is c1ccc(-n2ccc3cc4cc(-c5ccc6c(c5)c5ccccc5n6-c5ccccc5)c5ccc6c7ccccc7oc6c5c4cc32)cc1. The summed E-state index contributed by atoms with van der Waals surface area (Å²) in [5.74, 6) is 0. The molecule has 0 unspecified atom stereocenters. The van der Waals surface area contributed by atoms with Gasteiger partial charge in [0.25, 0.3) is 0 Å². The molecule has 228 valence electrons. The van der Waals surface area contributed by atoms with Crippen LogP contribution in [-0.4, -0.2) is 9.13 Å². The number of furan rings is 1. The molecule has 0 spiro atoms. The summed E-state index contributed by atoms with van der Waals surface area (Å²) in [5, 5.41) is 10.7. The maximum atomic E-state index is 6.74. The molecule has 0 atom stereocenters. The van der Waals surface area contributed by atoms with E-state index in [-0.39, 0.29) is 0 Å². The first-order valence-corrected chi connectivity index (χ1v) is 16.8. The summed E-state index contributed by atoms with van der Waals surface area (Å²) in [6, 6.07) is 59.1. The first kappa shape index (κ1) is 26.5. The molecule has 0 aliphatic heterocycles. The highest BCUT2D eigenvalue weighted by Gasteiger charge is 2.19. The van der Waals surface area contributed by atoms with Gasteiger partial charge in [-0.25, -0.2) is 0 Å². The van der Waals surface area contributed by atoms with Gasteiger partial charge in [0.2, 0.25) is 0 Å². The number of rotatable bonds is 3. The van der Waals surface area contributed by atoms with Gasteiger partial charge in [0.1, 0.15) is 11.2 Å². The second-order valence-corrected chi connectivity index (χ2v) is 13.0. The molecule has 0 bridgehead atoms. The standard InChI is InChI=1S/C46H28N2O/c1-3-11-32(12-4-1)47-24-23-30-25-31-27-38(36-20-21-37-35-16-8-10-18-44(35)49-46(37)45(36)39(31)28-43(30)47)29-19-22-42-40(26-29)34-15-7-9-17-41(34)48(42)33-13-5-2-6-14-33/h1-28H. The van der Waals surface area contributed by atoms with Gasteiger partial charge in [0.05, 0.1) is 16.6 Å². The molecule has 11 aromatic rings. The molecule has 0 saturated carbocycles. The van der Waals surface area contributed by atoms with Crippen molar-refractivity contribution >= 4 is 76.2 Å². The van der Waals surface area contributed by atoms with Crippen LogP contribution in [-0.2, 0) is 0 Å². The average molecular weight is 625 g/mol. The molecule has 8 aromatic carbocycles. The van der Waals surface area contributed by atoms with E-state index in [1.165, 1.54) is 60.0 Å². The van der Waals surface area contributed by atoms with Crippen LogP contribution in [0.3, 0.4) is 0 Å². The zero-order valence-corrected chi connectivity index (χ0v) is 26.5. The van der Waals surface area contributed by atoms with Crippen LogP contribution < -0.4 is 0 Å². The van der Waals surface area contributed by atoms with Crippen LogP contribution in [0, 0.1) is 0 Å². The zero-order chi connectivity index (χ0) is 32.1. The molecular weight excluding hydrogens is 597 g/mol. The van der Waals surface area contributed by atoms with Crippen LogP contribution in [0.25, 0.3) is 98.7 Å². The highest BCUT2D eigenvalue weighted by atomic mass is 16.3. The van der Waals surface area contributed by atoms with Crippen LogP contribution in [0.15, 0.2) is 174 Å². The summed E-state index contributed by atoms with van der Waals surface area (Å²) in [5.41, 5.74) is 10.1. The predicted octanol–water partition coefficient (Wildman–Crippen LogP) is 12.6. The van der Waals surface area contributed by atoms with Crippen molar-refractivity contribution in [3.63, 3.8) is 0 Å². The third-order valence-electron chi connectivity index (χ3n) is 10.3. The van der Waals surface area contributed by atoms with E-state index in [1.54, 1.807) is 0 Å². The molecule has 0 saturated heterocycles. The van der Waals surface area contributed by atoms with Crippen molar-refractivity contribution in [3.05, 3.63) is 170 Å². The predicted molar refractivity (Wildman–Crippen MR) is 205 cm³/mol. The smallest absolute Gasteiger partial charge is 0.143 e. The van der Waals surface area contributed by atoms with Gasteiger partial charge in [0.15, 0.2) is 0 Å². The van der Waals surface area contributed by atoms with Crippen molar-refractivity contribution < 1.29 is 4.42 Å². The average Bonchev–Trinajstić information content (AvgIpc) is 3.85. The Morgan fingerprint density at radius 1 is 0.408 bits per heavy atom. The lowest BCUT2D eigenvalue weighted by Gasteiger charge is -2.14. The van der Waals surface area contributed by atoms with E-state index < -0.39 is 0 Å². The van der Waals surface area contributed by atoms with Crippen LogP contribution in [0.1, 0.15) is 0 Å². The van der Waals surface area contributed by atoms with E-state index in [0.717, 1.165) is 38.7 Å². The number of para-hydroxylation sites is 4. The number of aromatic nitrogens is 2. The second-order valence-electron chi connectivity index (χ2n) is 13.0. The highest BCUT2D eigenvalue weighted by Crippen LogP contribution is 2.44. The summed E-state index contributed by atoms with van der Waals surface area (Å²) >= 11 is 0. The second kappa shape index (κ2) is 9.96. The van der Waals surface area contributed by atoms with Gasteiger partial charge in [-0.3, -0.25) is 0 Å². The Labute approximate surface area is 281 Å². The number of hydrogen-bond donors (Lipinski definition) is 0. The molecule has 0 aliphatic rings. The largest absolute Gasteiger partial charge is 0.455 e. The minimum atomic E-state index is 0.910. The molecule has 49 heavy (non-hydrogen) atoms. The van der Waals surface area contributed by atoms with Crippen molar-refractivity contribution in [2.24, 2.45) is 0 Å². The van der Waals surface area contributed by atoms with Crippen molar-refractivity contribution in [2.75, 3.05) is 0 Å². The van der Waals surface area contributed by atoms with Crippen molar-refractivity contribution in [1.29, 1.82) is 0 Å². The van der Waals surface area contributed by atoms with Gasteiger partial charge in [-0.05, 0) is 106 Å². The van der Waals surface area contributed by atoms with Gasteiger partial charge in [-0.1, -0.05) is 84.9 Å². The summed E-state index contributed by atoms with van der Waals surface area (Å²) in [6.07, 6.45) is 2.18. The van der Waals surface area contributed by atoms with Gasteiger partial charge >= 0.3 is 0 Å². The monoisotopic (exact) mass is 624 g/mol.